The molecule has 0 radical (unpaired) electrons. The molecule has 0 saturated heterocycles. The summed E-state index contributed by atoms with van der Waals surface area (Å²) in [5.74, 6) is 0. The Hall–Kier alpha value is -1.60. The third-order valence-corrected chi connectivity index (χ3v) is 3.90. The van der Waals surface area contributed by atoms with Crippen LogP contribution in [0.4, 0.5) is 0 Å². The standard InChI is InChI=1S/C17H19N/c1-2-13-9-6-10-15-12-18-17(11-16(13)15)14-7-4-3-5-8-14/h3-10,17-18H,2,11-12H2,1H3. The van der Waals surface area contributed by atoms with E-state index < -0.39 is 0 Å². The summed E-state index contributed by atoms with van der Waals surface area (Å²) < 4.78 is 0. The lowest BCUT2D eigenvalue weighted by atomic mass is 9.88. The minimum Gasteiger partial charge on any atom is -0.306 e. The monoisotopic (exact) mass is 237 g/mol. The van der Waals surface area contributed by atoms with Gasteiger partial charge in [0.2, 0.25) is 0 Å². The van der Waals surface area contributed by atoms with Crippen molar-refractivity contribution in [3.8, 4) is 0 Å². The van der Waals surface area contributed by atoms with E-state index >= 15 is 0 Å². The van der Waals surface area contributed by atoms with E-state index in [9.17, 15) is 0 Å². The van der Waals surface area contributed by atoms with Gasteiger partial charge in [-0.05, 0) is 35.1 Å². The normalized spacial score (nSPS) is 18.4. The van der Waals surface area contributed by atoms with E-state index in [2.05, 4.69) is 60.8 Å². The molecule has 2 aromatic rings. The van der Waals surface area contributed by atoms with E-state index in [0.29, 0.717) is 6.04 Å². The van der Waals surface area contributed by atoms with Gasteiger partial charge in [-0.25, -0.2) is 0 Å². The molecule has 1 heteroatoms. The van der Waals surface area contributed by atoms with Crippen molar-refractivity contribution < 1.29 is 0 Å². The number of fused-ring (bicyclic) bond motifs is 1. The molecule has 92 valence electrons. The number of aryl methyl sites for hydroxylation is 1. The van der Waals surface area contributed by atoms with E-state index in [0.717, 1.165) is 19.4 Å². The van der Waals surface area contributed by atoms with Crippen LogP contribution in [0, 0.1) is 0 Å². The van der Waals surface area contributed by atoms with Crippen molar-refractivity contribution in [1.82, 2.24) is 5.32 Å². The highest BCUT2D eigenvalue weighted by Gasteiger charge is 2.20. The molecule has 0 spiro atoms. The van der Waals surface area contributed by atoms with Crippen molar-refractivity contribution >= 4 is 0 Å². The van der Waals surface area contributed by atoms with Crippen molar-refractivity contribution in [2.45, 2.75) is 32.4 Å². The van der Waals surface area contributed by atoms with Crippen LogP contribution < -0.4 is 5.32 Å². The average molecular weight is 237 g/mol. The van der Waals surface area contributed by atoms with Gasteiger partial charge in [-0.2, -0.15) is 0 Å². The fourth-order valence-electron chi connectivity index (χ4n) is 2.88. The molecule has 1 aliphatic heterocycles. The number of rotatable bonds is 2. The second kappa shape index (κ2) is 4.95. The molecule has 0 bridgehead atoms. The highest BCUT2D eigenvalue weighted by molar-refractivity contribution is 5.39. The van der Waals surface area contributed by atoms with Crippen LogP contribution in [0.25, 0.3) is 0 Å². The molecule has 1 atom stereocenters. The number of benzene rings is 2. The molecule has 3 rings (SSSR count). The lowest BCUT2D eigenvalue weighted by molar-refractivity contribution is 0.496. The maximum atomic E-state index is 3.64. The lowest BCUT2D eigenvalue weighted by Gasteiger charge is -2.28. The van der Waals surface area contributed by atoms with Gasteiger partial charge in [0.15, 0.2) is 0 Å². The van der Waals surface area contributed by atoms with Crippen LogP contribution in [0.5, 0.6) is 0 Å². The summed E-state index contributed by atoms with van der Waals surface area (Å²) in [5.41, 5.74) is 5.94. The van der Waals surface area contributed by atoms with Gasteiger partial charge >= 0.3 is 0 Å². The first-order valence-corrected chi connectivity index (χ1v) is 6.76. The Morgan fingerprint density at radius 3 is 2.67 bits per heavy atom. The van der Waals surface area contributed by atoms with Crippen molar-refractivity contribution in [3.63, 3.8) is 0 Å². The minimum atomic E-state index is 0.464. The summed E-state index contributed by atoms with van der Waals surface area (Å²) >= 11 is 0. The lowest BCUT2D eigenvalue weighted by Crippen LogP contribution is -2.29. The molecule has 1 unspecified atom stereocenters. The minimum absolute atomic E-state index is 0.464. The maximum Gasteiger partial charge on any atom is 0.0364 e. The molecule has 0 amide bonds. The quantitative estimate of drug-likeness (QED) is 0.841. The van der Waals surface area contributed by atoms with Crippen molar-refractivity contribution in [2.24, 2.45) is 0 Å². The second-order valence-electron chi connectivity index (χ2n) is 4.96. The summed E-state index contributed by atoms with van der Waals surface area (Å²) in [6.07, 6.45) is 2.24. The molecule has 1 aliphatic rings. The van der Waals surface area contributed by atoms with Gasteiger partial charge in [0.25, 0.3) is 0 Å². The summed E-state index contributed by atoms with van der Waals surface area (Å²) in [4.78, 5) is 0. The van der Waals surface area contributed by atoms with Crippen LogP contribution in [0.3, 0.4) is 0 Å². The summed E-state index contributed by atoms with van der Waals surface area (Å²) in [5, 5.41) is 3.64. The molecule has 2 aromatic carbocycles. The van der Waals surface area contributed by atoms with Gasteiger partial charge in [-0.3, -0.25) is 0 Å². The summed E-state index contributed by atoms with van der Waals surface area (Å²) in [6, 6.07) is 17.9. The van der Waals surface area contributed by atoms with E-state index in [1.54, 1.807) is 5.56 Å². The first kappa shape index (κ1) is 11.5. The molecule has 18 heavy (non-hydrogen) atoms. The van der Waals surface area contributed by atoms with E-state index in [-0.39, 0.29) is 0 Å². The predicted molar refractivity (Wildman–Crippen MR) is 75.5 cm³/mol. The Morgan fingerprint density at radius 1 is 1.06 bits per heavy atom. The van der Waals surface area contributed by atoms with Crippen LogP contribution in [-0.4, -0.2) is 0 Å². The zero-order chi connectivity index (χ0) is 12.4. The van der Waals surface area contributed by atoms with Crippen LogP contribution in [0.2, 0.25) is 0 Å². The molecule has 0 aromatic heterocycles. The molecule has 0 saturated carbocycles. The van der Waals surface area contributed by atoms with Gasteiger partial charge in [0.1, 0.15) is 0 Å². The smallest absolute Gasteiger partial charge is 0.0364 e. The topological polar surface area (TPSA) is 12.0 Å². The molecule has 1 heterocycles. The molecule has 1 N–H and O–H groups in total. The average Bonchev–Trinajstić information content (AvgIpc) is 2.47. The molecule has 1 nitrogen and oxygen atoms in total. The van der Waals surface area contributed by atoms with E-state index in [1.165, 1.54) is 16.7 Å². The third kappa shape index (κ3) is 2.06. The maximum absolute atomic E-state index is 3.64. The SMILES string of the molecule is CCc1cccc2c1CC(c1ccccc1)NC2. The fraction of sp³-hybridized carbons (Fsp3) is 0.294. The first-order valence-electron chi connectivity index (χ1n) is 6.76. The predicted octanol–water partition coefficient (Wildman–Crippen LogP) is 3.64. The van der Waals surface area contributed by atoms with Crippen molar-refractivity contribution in [2.75, 3.05) is 0 Å². The summed E-state index contributed by atoms with van der Waals surface area (Å²) in [7, 11) is 0. The van der Waals surface area contributed by atoms with Crippen LogP contribution in [0.15, 0.2) is 48.5 Å². The Balaban J connectivity index is 1.93. The summed E-state index contributed by atoms with van der Waals surface area (Å²) in [6.45, 7) is 3.23. The number of hydrogen-bond donors (Lipinski definition) is 1. The molecule has 0 aliphatic carbocycles. The molecular weight excluding hydrogens is 218 g/mol. The van der Waals surface area contributed by atoms with Gasteiger partial charge in [0.05, 0.1) is 0 Å². The zero-order valence-corrected chi connectivity index (χ0v) is 10.8. The van der Waals surface area contributed by atoms with Crippen LogP contribution >= 0.6 is 0 Å². The van der Waals surface area contributed by atoms with Crippen LogP contribution in [0.1, 0.15) is 35.2 Å². The van der Waals surface area contributed by atoms with Crippen molar-refractivity contribution in [1.29, 1.82) is 0 Å². The third-order valence-electron chi connectivity index (χ3n) is 3.90. The Morgan fingerprint density at radius 2 is 1.89 bits per heavy atom. The number of nitrogens with one attached hydrogen (secondary N) is 1. The van der Waals surface area contributed by atoms with Gasteiger partial charge in [0, 0.05) is 12.6 Å². The van der Waals surface area contributed by atoms with E-state index in [4.69, 9.17) is 0 Å². The molecule has 0 fully saturated rings. The fourth-order valence-corrected chi connectivity index (χ4v) is 2.88. The molecular formula is C17H19N. The highest BCUT2D eigenvalue weighted by atomic mass is 14.9. The Bertz CT molecular complexity index is 516. The van der Waals surface area contributed by atoms with E-state index in [1.807, 2.05) is 0 Å². The first-order chi connectivity index (χ1) is 8.88. The largest absolute Gasteiger partial charge is 0.306 e. The highest BCUT2D eigenvalue weighted by Crippen LogP contribution is 2.28. The second-order valence-corrected chi connectivity index (χ2v) is 4.96. The Kier molecular flexibility index (Phi) is 3.16. The van der Waals surface area contributed by atoms with Gasteiger partial charge in [-0.15, -0.1) is 0 Å². The Labute approximate surface area is 109 Å². The van der Waals surface area contributed by atoms with Gasteiger partial charge < -0.3 is 5.32 Å². The van der Waals surface area contributed by atoms with Gasteiger partial charge in [-0.1, -0.05) is 55.5 Å². The van der Waals surface area contributed by atoms with Crippen LogP contribution in [-0.2, 0) is 19.4 Å². The van der Waals surface area contributed by atoms with Crippen molar-refractivity contribution in [3.05, 3.63) is 70.8 Å². The number of hydrogen-bond acceptors (Lipinski definition) is 1. The zero-order valence-electron chi connectivity index (χ0n) is 10.8.